The van der Waals surface area contributed by atoms with Crippen LogP contribution in [0.25, 0.3) is 0 Å². The predicted octanol–water partition coefficient (Wildman–Crippen LogP) is 5.08. The van der Waals surface area contributed by atoms with Crippen LogP contribution in [0.1, 0.15) is 23.1 Å². The van der Waals surface area contributed by atoms with E-state index in [9.17, 15) is 5.11 Å². The first kappa shape index (κ1) is 25.3. The summed E-state index contributed by atoms with van der Waals surface area (Å²) in [6.07, 6.45) is 0.181. The SMILES string of the molecule is C=CC[C@H]1O[C@H](CO)[C@@H](OCc2ccccc2)[C@H](OCc2ccccc2)[C@@H]1OCc1ccccc1. The lowest BCUT2D eigenvalue weighted by Crippen LogP contribution is -2.60. The summed E-state index contributed by atoms with van der Waals surface area (Å²) in [5.74, 6) is 0. The second-order valence-corrected chi connectivity index (χ2v) is 8.70. The third kappa shape index (κ3) is 7.10. The topological polar surface area (TPSA) is 57.2 Å². The van der Waals surface area contributed by atoms with E-state index >= 15 is 0 Å². The van der Waals surface area contributed by atoms with Crippen LogP contribution in [0.3, 0.4) is 0 Å². The molecule has 1 fully saturated rings. The molecule has 4 rings (SSSR count). The van der Waals surface area contributed by atoms with Crippen molar-refractivity contribution in [2.45, 2.75) is 56.8 Å². The first-order valence-electron chi connectivity index (χ1n) is 12.1. The molecule has 5 heteroatoms. The van der Waals surface area contributed by atoms with Crippen molar-refractivity contribution in [1.29, 1.82) is 0 Å². The van der Waals surface area contributed by atoms with E-state index in [-0.39, 0.29) is 12.7 Å². The standard InChI is InChI=1S/C30H34O5/c1-2-12-26-28(32-20-23-13-6-3-7-14-23)30(34-22-25-17-10-5-11-18-25)29(27(19-31)35-26)33-21-24-15-8-4-9-16-24/h2-11,13-18,26-31H,1,12,19-22H2/t26-,27-,28-,29-,30-/m1/s1. The van der Waals surface area contributed by atoms with Crippen molar-refractivity contribution < 1.29 is 24.1 Å². The molecule has 1 aliphatic heterocycles. The van der Waals surface area contributed by atoms with Crippen molar-refractivity contribution in [3.8, 4) is 0 Å². The van der Waals surface area contributed by atoms with Gasteiger partial charge in [0.15, 0.2) is 0 Å². The highest BCUT2D eigenvalue weighted by Gasteiger charge is 2.47. The Morgan fingerprint density at radius 3 is 1.43 bits per heavy atom. The van der Waals surface area contributed by atoms with E-state index < -0.39 is 24.4 Å². The number of hydrogen-bond acceptors (Lipinski definition) is 5. The van der Waals surface area contributed by atoms with Crippen molar-refractivity contribution in [2.75, 3.05) is 6.61 Å². The summed E-state index contributed by atoms with van der Waals surface area (Å²) in [4.78, 5) is 0. The molecule has 3 aromatic carbocycles. The Bertz CT molecular complexity index is 995. The molecule has 0 amide bonds. The minimum Gasteiger partial charge on any atom is -0.394 e. The summed E-state index contributed by atoms with van der Waals surface area (Å²) in [7, 11) is 0. The highest BCUT2D eigenvalue weighted by Crippen LogP contribution is 2.31. The second kappa shape index (κ2) is 13.3. The number of aliphatic hydroxyl groups excluding tert-OH is 1. The normalized spacial score (nSPS) is 24.2. The van der Waals surface area contributed by atoms with Gasteiger partial charge in [0.1, 0.15) is 24.4 Å². The van der Waals surface area contributed by atoms with Crippen molar-refractivity contribution in [2.24, 2.45) is 0 Å². The molecule has 1 aliphatic rings. The zero-order valence-corrected chi connectivity index (χ0v) is 19.9. The highest BCUT2D eigenvalue weighted by molar-refractivity contribution is 5.16. The van der Waals surface area contributed by atoms with Gasteiger partial charge in [-0.3, -0.25) is 0 Å². The number of ether oxygens (including phenoxy) is 4. The van der Waals surface area contributed by atoms with Gasteiger partial charge >= 0.3 is 0 Å². The highest BCUT2D eigenvalue weighted by atomic mass is 16.6. The van der Waals surface area contributed by atoms with Gasteiger partial charge in [-0.25, -0.2) is 0 Å². The van der Waals surface area contributed by atoms with Crippen LogP contribution in [0.2, 0.25) is 0 Å². The van der Waals surface area contributed by atoms with Gasteiger partial charge < -0.3 is 24.1 Å². The van der Waals surface area contributed by atoms with Gasteiger partial charge in [-0.1, -0.05) is 97.1 Å². The molecule has 0 spiro atoms. The molecule has 3 aromatic rings. The van der Waals surface area contributed by atoms with E-state index in [4.69, 9.17) is 18.9 Å². The molecule has 184 valence electrons. The van der Waals surface area contributed by atoms with Crippen molar-refractivity contribution in [1.82, 2.24) is 0 Å². The summed E-state index contributed by atoms with van der Waals surface area (Å²) >= 11 is 0. The predicted molar refractivity (Wildman–Crippen MR) is 136 cm³/mol. The first-order chi connectivity index (χ1) is 17.3. The van der Waals surface area contributed by atoms with Crippen LogP contribution < -0.4 is 0 Å². The monoisotopic (exact) mass is 474 g/mol. The van der Waals surface area contributed by atoms with Crippen LogP contribution in [0.15, 0.2) is 104 Å². The lowest BCUT2D eigenvalue weighted by atomic mass is 9.92. The van der Waals surface area contributed by atoms with E-state index in [1.54, 1.807) is 0 Å². The second-order valence-electron chi connectivity index (χ2n) is 8.70. The van der Waals surface area contributed by atoms with E-state index in [1.807, 2.05) is 97.1 Å². The summed E-state index contributed by atoms with van der Waals surface area (Å²) < 4.78 is 25.6. The van der Waals surface area contributed by atoms with Crippen molar-refractivity contribution in [3.05, 3.63) is 120 Å². The molecule has 35 heavy (non-hydrogen) atoms. The Morgan fingerprint density at radius 1 is 0.629 bits per heavy atom. The number of hydrogen-bond donors (Lipinski definition) is 1. The molecule has 0 unspecified atom stereocenters. The molecular weight excluding hydrogens is 440 g/mol. The van der Waals surface area contributed by atoms with Gasteiger partial charge in [0, 0.05) is 0 Å². The van der Waals surface area contributed by atoms with Gasteiger partial charge in [0.2, 0.25) is 0 Å². The molecule has 0 saturated carbocycles. The quantitative estimate of drug-likeness (QED) is 0.371. The summed E-state index contributed by atoms with van der Waals surface area (Å²) in [5, 5.41) is 10.2. The third-order valence-electron chi connectivity index (χ3n) is 6.16. The molecule has 0 radical (unpaired) electrons. The van der Waals surface area contributed by atoms with Gasteiger partial charge in [0.25, 0.3) is 0 Å². The molecule has 1 N–H and O–H groups in total. The lowest BCUT2D eigenvalue weighted by Gasteiger charge is -2.46. The Labute approximate surface area is 207 Å². The molecule has 0 aromatic heterocycles. The van der Waals surface area contributed by atoms with Crippen LogP contribution in [0.4, 0.5) is 0 Å². The summed E-state index contributed by atoms with van der Waals surface area (Å²) in [5.41, 5.74) is 3.17. The fourth-order valence-electron chi connectivity index (χ4n) is 4.38. The van der Waals surface area contributed by atoms with Gasteiger partial charge in [-0.2, -0.15) is 0 Å². The Balaban J connectivity index is 1.58. The van der Waals surface area contributed by atoms with Gasteiger partial charge in [0.05, 0.1) is 32.5 Å². The fourth-order valence-corrected chi connectivity index (χ4v) is 4.38. The van der Waals surface area contributed by atoms with E-state index in [2.05, 4.69) is 6.58 Å². The van der Waals surface area contributed by atoms with Crippen molar-refractivity contribution in [3.63, 3.8) is 0 Å². The number of aliphatic hydroxyl groups is 1. The third-order valence-corrected chi connectivity index (χ3v) is 6.16. The van der Waals surface area contributed by atoms with Crippen LogP contribution >= 0.6 is 0 Å². The maximum absolute atomic E-state index is 10.2. The summed E-state index contributed by atoms with van der Waals surface area (Å²) in [6.45, 7) is 4.93. The molecule has 1 heterocycles. The van der Waals surface area contributed by atoms with Crippen molar-refractivity contribution >= 4 is 0 Å². The molecule has 0 bridgehead atoms. The maximum atomic E-state index is 10.2. The zero-order valence-electron chi connectivity index (χ0n) is 19.9. The van der Waals surface area contributed by atoms with Gasteiger partial charge in [-0.15, -0.1) is 6.58 Å². The molecule has 0 aliphatic carbocycles. The minimum absolute atomic E-state index is 0.177. The average Bonchev–Trinajstić information content (AvgIpc) is 2.92. The Kier molecular flexibility index (Phi) is 9.64. The molecule has 5 nitrogen and oxygen atoms in total. The van der Waals surface area contributed by atoms with Crippen LogP contribution in [0, 0.1) is 0 Å². The Morgan fingerprint density at radius 2 is 1.03 bits per heavy atom. The van der Waals surface area contributed by atoms with Gasteiger partial charge in [-0.05, 0) is 23.1 Å². The maximum Gasteiger partial charge on any atom is 0.115 e. The summed E-state index contributed by atoms with van der Waals surface area (Å²) in [6, 6.07) is 30.0. The van der Waals surface area contributed by atoms with E-state index in [1.165, 1.54) is 0 Å². The number of rotatable bonds is 12. The molecule has 1 saturated heterocycles. The van der Waals surface area contributed by atoms with Crippen LogP contribution in [-0.2, 0) is 38.8 Å². The number of benzene rings is 3. The minimum atomic E-state index is -0.541. The van der Waals surface area contributed by atoms with Crippen LogP contribution in [0.5, 0.6) is 0 Å². The van der Waals surface area contributed by atoms with E-state index in [0.717, 1.165) is 16.7 Å². The van der Waals surface area contributed by atoms with Crippen LogP contribution in [-0.4, -0.2) is 42.2 Å². The largest absolute Gasteiger partial charge is 0.394 e. The Hall–Kier alpha value is -2.80. The molecular formula is C30H34O5. The molecule has 5 atom stereocenters. The average molecular weight is 475 g/mol. The lowest BCUT2D eigenvalue weighted by molar-refractivity contribution is -0.269. The smallest absolute Gasteiger partial charge is 0.115 e. The zero-order chi connectivity index (χ0) is 24.3. The first-order valence-corrected chi connectivity index (χ1v) is 12.1. The fraction of sp³-hybridized carbons (Fsp3) is 0.333. The van der Waals surface area contributed by atoms with E-state index in [0.29, 0.717) is 26.2 Å².